The van der Waals surface area contributed by atoms with Gasteiger partial charge in [-0.05, 0) is 18.9 Å². The number of nitrogen functional groups attached to an aromatic ring is 1. The van der Waals surface area contributed by atoms with Gasteiger partial charge in [0.1, 0.15) is 0 Å². The molecule has 0 fully saturated rings. The van der Waals surface area contributed by atoms with Crippen molar-refractivity contribution in [3.63, 3.8) is 0 Å². The van der Waals surface area contributed by atoms with Crippen LogP contribution in [0.25, 0.3) is 0 Å². The third-order valence-electron chi connectivity index (χ3n) is 3.24. The molecule has 0 saturated heterocycles. The quantitative estimate of drug-likeness (QED) is 0.892. The molecule has 2 N–H and O–H groups in total. The van der Waals surface area contributed by atoms with Crippen LogP contribution in [0.4, 0.5) is 5.13 Å². The Kier molecular flexibility index (Phi) is 5.33. The second-order valence-electron chi connectivity index (χ2n) is 5.15. The average Bonchev–Trinajstić information content (AvgIpc) is 2.86. The lowest BCUT2D eigenvalue weighted by Crippen LogP contribution is -2.32. The third-order valence-corrected chi connectivity index (χ3v) is 3.96. The summed E-state index contributed by atoms with van der Waals surface area (Å²) in [6.45, 7) is 5.54. The second kappa shape index (κ2) is 7.22. The molecule has 0 unspecified atom stereocenters. The van der Waals surface area contributed by atoms with Crippen molar-refractivity contribution < 1.29 is 4.79 Å². The van der Waals surface area contributed by atoms with Gasteiger partial charge in [-0.15, -0.1) is 11.3 Å². The smallest absolute Gasteiger partial charge is 0.228 e. The summed E-state index contributed by atoms with van der Waals surface area (Å²) in [4.78, 5) is 18.5. The molecule has 4 nitrogen and oxygen atoms in total. The van der Waals surface area contributed by atoms with E-state index in [-0.39, 0.29) is 5.91 Å². The van der Waals surface area contributed by atoms with Gasteiger partial charge in [0.25, 0.3) is 0 Å². The summed E-state index contributed by atoms with van der Waals surface area (Å²) in [6, 6.07) is 8.30. The van der Waals surface area contributed by atoms with Crippen LogP contribution in [-0.2, 0) is 17.8 Å². The monoisotopic (exact) mass is 303 g/mol. The number of aromatic nitrogens is 1. The SMILES string of the molecule is CCCN(Cc1ccc(C)cc1)C(=O)Cc1csc(N)n1. The fourth-order valence-electron chi connectivity index (χ4n) is 2.15. The van der Waals surface area contributed by atoms with Crippen molar-refractivity contribution >= 4 is 22.4 Å². The molecule has 0 aliphatic rings. The van der Waals surface area contributed by atoms with Crippen molar-refractivity contribution in [3.05, 3.63) is 46.5 Å². The topological polar surface area (TPSA) is 59.2 Å². The Morgan fingerprint density at radius 1 is 1.33 bits per heavy atom. The maximum absolute atomic E-state index is 12.4. The first-order chi connectivity index (χ1) is 10.1. The number of anilines is 1. The van der Waals surface area contributed by atoms with Crippen LogP contribution in [0, 0.1) is 6.92 Å². The predicted molar refractivity (Wildman–Crippen MR) is 87.1 cm³/mol. The van der Waals surface area contributed by atoms with Crippen molar-refractivity contribution in [2.24, 2.45) is 0 Å². The van der Waals surface area contributed by atoms with Gasteiger partial charge in [0.2, 0.25) is 5.91 Å². The number of carbonyl (C=O) groups excluding carboxylic acids is 1. The Hall–Kier alpha value is -1.88. The van der Waals surface area contributed by atoms with Gasteiger partial charge in [0.05, 0.1) is 12.1 Å². The summed E-state index contributed by atoms with van der Waals surface area (Å²) >= 11 is 1.37. The number of carbonyl (C=O) groups is 1. The Morgan fingerprint density at radius 3 is 2.62 bits per heavy atom. The third kappa shape index (κ3) is 4.56. The minimum absolute atomic E-state index is 0.0997. The summed E-state index contributed by atoms with van der Waals surface area (Å²) in [6.07, 6.45) is 1.26. The van der Waals surface area contributed by atoms with E-state index in [2.05, 4.69) is 43.1 Å². The molecule has 5 heteroatoms. The lowest BCUT2D eigenvalue weighted by Gasteiger charge is -2.22. The fraction of sp³-hybridized carbons (Fsp3) is 0.375. The molecule has 0 bridgehead atoms. The molecule has 1 aromatic carbocycles. The van der Waals surface area contributed by atoms with Crippen LogP contribution in [0.1, 0.15) is 30.2 Å². The number of benzene rings is 1. The average molecular weight is 303 g/mol. The lowest BCUT2D eigenvalue weighted by molar-refractivity contribution is -0.131. The summed E-state index contributed by atoms with van der Waals surface area (Å²) < 4.78 is 0. The molecule has 0 spiro atoms. The highest BCUT2D eigenvalue weighted by Crippen LogP contribution is 2.14. The Balaban J connectivity index is 2.03. The maximum Gasteiger partial charge on any atom is 0.228 e. The number of hydrogen-bond donors (Lipinski definition) is 1. The van der Waals surface area contributed by atoms with E-state index >= 15 is 0 Å². The van der Waals surface area contributed by atoms with E-state index in [1.54, 1.807) is 0 Å². The number of aryl methyl sites for hydroxylation is 1. The highest BCUT2D eigenvalue weighted by molar-refractivity contribution is 7.13. The minimum atomic E-state index is 0.0997. The number of thiazole rings is 1. The molecule has 1 aromatic heterocycles. The van der Waals surface area contributed by atoms with Crippen LogP contribution in [0.2, 0.25) is 0 Å². The Morgan fingerprint density at radius 2 is 2.05 bits per heavy atom. The Labute approximate surface area is 129 Å². The van der Waals surface area contributed by atoms with Gasteiger partial charge in [0, 0.05) is 18.5 Å². The fourth-order valence-corrected chi connectivity index (χ4v) is 2.71. The lowest BCUT2D eigenvalue weighted by atomic mass is 10.1. The second-order valence-corrected chi connectivity index (χ2v) is 6.04. The largest absolute Gasteiger partial charge is 0.375 e. The van der Waals surface area contributed by atoms with Gasteiger partial charge in [0.15, 0.2) is 5.13 Å². The van der Waals surface area contributed by atoms with Crippen molar-refractivity contribution in [2.75, 3.05) is 12.3 Å². The van der Waals surface area contributed by atoms with Gasteiger partial charge < -0.3 is 10.6 Å². The molecule has 0 aliphatic carbocycles. The molecule has 112 valence electrons. The zero-order chi connectivity index (χ0) is 15.2. The van der Waals surface area contributed by atoms with Gasteiger partial charge in [-0.2, -0.15) is 0 Å². The first-order valence-corrected chi connectivity index (χ1v) is 7.99. The van der Waals surface area contributed by atoms with Crippen LogP contribution in [-0.4, -0.2) is 22.3 Å². The zero-order valence-electron chi connectivity index (χ0n) is 12.5. The van der Waals surface area contributed by atoms with Crippen molar-refractivity contribution in [2.45, 2.75) is 33.2 Å². The molecule has 0 aliphatic heterocycles. The summed E-state index contributed by atoms with van der Waals surface area (Å²) in [5.74, 6) is 0.0997. The minimum Gasteiger partial charge on any atom is -0.375 e. The van der Waals surface area contributed by atoms with E-state index in [4.69, 9.17) is 5.73 Å². The molecule has 21 heavy (non-hydrogen) atoms. The van der Waals surface area contributed by atoms with Crippen LogP contribution in [0.3, 0.4) is 0 Å². The first kappa shape index (κ1) is 15.5. The van der Waals surface area contributed by atoms with E-state index in [0.29, 0.717) is 18.1 Å². The molecule has 0 saturated carbocycles. The van der Waals surface area contributed by atoms with E-state index < -0.39 is 0 Å². The molecular weight excluding hydrogens is 282 g/mol. The van der Waals surface area contributed by atoms with Crippen LogP contribution in [0.5, 0.6) is 0 Å². The van der Waals surface area contributed by atoms with Gasteiger partial charge in [-0.1, -0.05) is 36.8 Å². The highest BCUT2D eigenvalue weighted by Gasteiger charge is 2.15. The highest BCUT2D eigenvalue weighted by atomic mass is 32.1. The van der Waals surface area contributed by atoms with E-state index in [1.165, 1.54) is 16.9 Å². The standard InChI is InChI=1S/C16H21N3OS/c1-3-8-19(10-13-6-4-12(2)5-7-13)15(20)9-14-11-21-16(17)18-14/h4-7,11H,3,8-10H2,1-2H3,(H2,17,18). The van der Waals surface area contributed by atoms with Gasteiger partial charge >= 0.3 is 0 Å². The summed E-state index contributed by atoms with van der Waals surface area (Å²) in [5.41, 5.74) is 8.75. The van der Waals surface area contributed by atoms with Crippen LogP contribution < -0.4 is 5.73 Å². The molecule has 1 heterocycles. The van der Waals surface area contributed by atoms with Crippen molar-refractivity contribution in [1.29, 1.82) is 0 Å². The molecule has 1 amide bonds. The molecule has 0 radical (unpaired) electrons. The van der Waals surface area contributed by atoms with Crippen LogP contribution >= 0.6 is 11.3 Å². The Bertz CT molecular complexity index is 592. The summed E-state index contributed by atoms with van der Waals surface area (Å²) in [5, 5.41) is 2.36. The van der Waals surface area contributed by atoms with Crippen molar-refractivity contribution in [3.8, 4) is 0 Å². The molecule has 2 aromatic rings. The number of rotatable bonds is 6. The maximum atomic E-state index is 12.4. The zero-order valence-corrected chi connectivity index (χ0v) is 13.3. The molecule has 2 rings (SSSR count). The van der Waals surface area contributed by atoms with E-state index in [9.17, 15) is 4.79 Å². The molecular formula is C16H21N3OS. The van der Waals surface area contributed by atoms with Crippen molar-refractivity contribution in [1.82, 2.24) is 9.88 Å². The normalized spacial score (nSPS) is 10.6. The molecule has 0 atom stereocenters. The number of amides is 1. The first-order valence-electron chi connectivity index (χ1n) is 7.11. The van der Waals surface area contributed by atoms with Gasteiger partial charge in [-0.25, -0.2) is 4.98 Å². The van der Waals surface area contributed by atoms with E-state index in [0.717, 1.165) is 24.2 Å². The van der Waals surface area contributed by atoms with E-state index in [1.807, 2.05) is 10.3 Å². The number of nitrogens with two attached hydrogens (primary N) is 1. The number of hydrogen-bond acceptors (Lipinski definition) is 4. The number of nitrogens with zero attached hydrogens (tertiary/aromatic N) is 2. The predicted octanol–water partition coefficient (Wildman–Crippen LogP) is 3.02. The van der Waals surface area contributed by atoms with Gasteiger partial charge in [-0.3, -0.25) is 4.79 Å². The van der Waals surface area contributed by atoms with Crippen LogP contribution in [0.15, 0.2) is 29.6 Å². The summed E-state index contributed by atoms with van der Waals surface area (Å²) in [7, 11) is 0.